The van der Waals surface area contributed by atoms with Crippen molar-refractivity contribution in [2.45, 2.75) is 76.4 Å². The highest BCUT2D eigenvalue weighted by Crippen LogP contribution is 2.42. The minimum Gasteiger partial charge on any atom is -0.356 e. The van der Waals surface area contributed by atoms with Gasteiger partial charge in [0.05, 0.1) is 0 Å². The van der Waals surface area contributed by atoms with Gasteiger partial charge in [0, 0.05) is 31.1 Å². The standard InChI is InChI=1S/C19H29N5O2/c1-13-21-18(26-22-13)24-14-3-2-4-15(24)10-16(9-14)23-7-5-19(6-8-23)11-17(25)20-12-19/h14-16H,2-12H2,1H3,(H,20,25). The SMILES string of the molecule is Cc1noc(N2C3CCCC2CC(N2CCC4(CC2)CNC(=O)C4)C3)n1. The van der Waals surface area contributed by atoms with Crippen LogP contribution >= 0.6 is 0 Å². The number of rotatable bonds is 2. The molecule has 4 aliphatic rings. The number of hydrogen-bond donors (Lipinski definition) is 1. The molecule has 1 aromatic rings. The number of aromatic nitrogens is 2. The van der Waals surface area contributed by atoms with Crippen molar-refractivity contribution >= 4 is 11.9 Å². The van der Waals surface area contributed by atoms with Crippen LogP contribution < -0.4 is 10.2 Å². The number of likely N-dealkylation sites (tertiary alicyclic amines) is 1. The first kappa shape index (κ1) is 16.5. The van der Waals surface area contributed by atoms with Crippen molar-refractivity contribution in [2.75, 3.05) is 24.5 Å². The van der Waals surface area contributed by atoms with Gasteiger partial charge in [0.15, 0.2) is 5.82 Å². The van der Waals surface area contributed by atoms with Gasteiger partial charge in [0.1, 0.15) is 0 Å². The molecule has 1 N–H and O–H groups in total. The number of carbonyl (C=O) groups is 1. The molecule has 4 saturated heterocycles. The lowest BCUT2D eigenvalue weighted by Crippen LogP contribution is -2.58. The molecule has 2 atom stereocenters. The van der Waals surface area contributed by atoms with E-state index in [1.54, 1.807) is 0 Å². The van der Waals surface area contributed by atoms with Crippen molar-refractivity contribution in [1.82, 2.24) is 20.4 Å². The maximum atomic E-state index is 11.7. The summed E-state index contributed by atoms with van der Waals surface area (Å²) in [6.07, 6.45) is 9.21. The van der Waals surface area contributed by atoms with E-state index in [0.29, 0.717) is 18.1 Å². The largest absolute Gasteiger partial charge is 0.356 e. The molecule has 5 heterocycles. The summed E-state index contributed by atoms with van der Waals surface area (Å²) in [5, 5.41) is 7.05. The molecule has 0 aliphatic carbocycles. The maximum absolute atomic E-state index is 11.7. The molecule has 2 unspecified atom stereocenters. The second-order valence-electron chi connectivity index (χ2n) is 8.88. The van der Waals surface area contributed by atoms with Crippen molar-refractivity contribution in [2.24, 2.45) is 5.41 Å². The van der Waals surface area contributed by atoms with E-state index in [4.69, 9.17) is 4.52 Å². The second kappa shape index (κ2) is 6.22. The van der Waals surface area contributed by atoms with E-state index in [2.05, 4.69) is 25.3 Å². The molecule has 5 rings (SSSR count). The molecule has 4 fully saturated rings. The van der Waals surface area contributed by atoms with E-state index in [9.17, 15) is 4.79 Å². The number of hydrogen-bond acceptors (Lipinski definition) is 6. The fourth-order valence-corrected chi connectivity index (χ4v) is 5.82. The predicted molar refractivity (Wildman–Crippen MR) is 96.8 cm³/mol. The maximum Gasteiger partial charge on any atom is 0.324 e. The van der Waals surface area contributed by atoms with Gasteiger partial charge in [-0.1, -0.05) is 5.16 Å². The highest BCUT2D eigenvalue weighted by Gasteiger charge is 2.46. The van der Waals surface area contributed by atoms with Gasteiger partial charge < -0.3 is 19.6 Å². The molecule has 142 valence electrons. The van der Waals surface area contributed by atoms with Gasteiger partial charge in [-0.05, 0) is 70.4 Å². The number of nitrogens with zero attached hydrogens (tertiary/aromatic N) is 4. The van der Waals surface area contributed by atoms with Crippen LogP contribution in [-0.2, 0) is 4.79 Å². The molecule has 1 amide bonds. The third kappa shape index (κ3) is 2.80. The first-order chi connectivity index (χ1) is 12.6. The summed E-state index contributed by atoms with van der Waals surface area (Å²) in [7, 11) is 0. The van der Waals surface area contributed by atoms with Crippen molar-refractivity contribution in [1.29, 1.82) is 0 Å². The molecule has 1 spiro atoms. The lowest BCUT2D eigenvalue weighted by Gasteiger charge is -2.52. The van der Waals surface area contributed by atoms with E-state index in [1.807, 2.05) is 6.92 Å². The van der Waals surface area contributed by atoms with Gasteiger partial charge in [-0.15, -0.1) is 0 Å². The zero-order chi connectivity index (χ0) is 17.7. The number of anilines is 1. The topological polar surface area (TPSA) is 74.5 Å². The molecule has 2 bridgehead atoms. The zero-order valence-corrected chi connectivity index (χ0v) is 15.6. The Bertz CT molecular complexity index is 667. The third-order valence-electron chi connectivity index (χ3n) is 7.26. The van der Waals surface area contributed by atoms with Crippen LogP contribution in [0.3, 0.4) is 0 Å². The summed E-state index contributed by atoms with van der Waals surface area (Å²) in [5.41, 5.74) is 0.242. The lowest BCUT2D eigenvalue weighted by molar-refractivity contribution is -0.119. The van der Waals surface area contributed by atoms with Gasteiger partial charge in [-0.25, -0.2) is 0 Å². The van der Waals surface area contributed by atoms with Crippen molar-refractivity contribution < 1.29 is 9.32 Å². The smallest absolute Gasteiger partial charge is 0.324 e. The van der Waals surface area contributed by atoms with Gasteiger partial charge in [0.25, 0.3) is 0 Å². The Balaban J connectivity index is 1.26. The Labute approximate surface area is 154 Å². The van der Waals surface area contributed by atoms with Crippen molar-refractivity contribution in [3.63, 3.8) is 0 Å². The highest BCUT2D eigenvalue weighted by atomic mass is 16.5. The van der Waals surface area contributed by atoms with E-state index < -0.39 is 0 Å². The summed E-state index contributed by atoms with van der Waals surface area (Å²) in [4.78, 5) is 21.3. The fourth-order valence-electron chi connectivity index (χ4n) is 5.82. The van der Waals surface area contributed by atoms with Gasteiger partial charge in [0.2, 0.25) is 5.91 Å². The Morgan fingerprint density at radius 3 is 2.46 bits per heavy atom. The first-order valence-electron chi connectivity index (χ1n) is 10.2. The summed E-state index contributed by atoms with van der Waals surface area (Å²) in [5.74, 6) is 0.970. The van der Waals surface area contributed by atoms with E-state index >= 15 is 0 Å². The van der Waals surface area contributed by atoms with E-state index in [-0.39, 0.29) is 11.3 Å². The molecule has 7 nitrogen and oxygen atoms in total. The highest BCUT2D eigenvalue weighted by molar-refractivity contribution is 5.79. The van der Waals surface area contributed by atoms with Gasteiger partial charge in [-0.2, -0.15) is 4.98 Å². The number of piperidine rings is 3. The van der Waals surface area contributed by atoms with E-state index in [0.717, 1.165) is 50.7 Å². The van der Waals surface area contributed by atoms with Crippen LogP contribution in [0, 0.1) is 12.3 Å². The molecule has 0 aromatic carbocycles. The number of carbonyl (C=O) groups excluding carboxylic acids is 1. The normalized spacial score (nSPS) is 34.3. The van der Waals surface area contributed by atoms with Crippen molar-refractivity contribution in [3.05, 3.63) is 5.82 Å². The fraction of sp³-hybridized carbons (Fsp3) is 0.842. The van der Waals surface area contributed by atoms with Crippen molar-refractivity contribution in [3.8, 4) is 0 Å². The molecular weight excluding hydrogens is 330 g/mol. The van der Waals surface area contributed by atoms with E-state index in [1.165, 1.54) is 32.1 Å². The van der Waals surface area contributed by atoms with Crippen LogP contribution in [0.1, 0.15) is 57.2 Å². The van der Waals surface area contributed by atoms with Gasteiger partial charge >= 0.3 is 6.01 Å². The number of aryl methyl sites for hydroxylation is 1. The second-order valence-corrected chi connectivity index (χ2v) is 8.88. The van der Waals surface area contributed by atoms with Crippen LogP contribution in [0.4, 0.5) is 6.01 Å². The quantitative estimate of drug-likeness (QED) is 0.869. The minimum atomic E-state index is 0.242. The molecule has 0 saturated carbocycles. The van der Waals surface area contributed by atoms with Crippen LogP contribution in [0.2, 0.25) is 0 Å². The minimum absolute atomic E-state index is 0.242. The number of fused-ring (bicyclic) bond motifs is 2. The number of nitrogens with one attached hydrogen (secondary N) is 1. The van der Waals surface area contributed by atoms with Crippen LogP contribution in [0.25, 0.3) is 0 Å². The zero-order valence-electron chi connectivity index (χ0n) is 15.6. The first-order valence-corrected chi connectivity index (χ1v) is 10.2. The molecule has 7 heteroatoms. The molecular formula is C19H29N5O2. The summed E-state index contributed by atoms with van der Waals surface area (Å²) >= 11 is 0. The Morgan fingerprint density at radius 1 is 1.15 bits per heavy atom. The average Bonchev–Trinajstić information content (AvgIpc) is 3.20. The summed E-state index contributed by atoms with van der Waals surface area (Å²) < 4.78 is 5.51. The Hall–Kier alpha value is -1.63. The Kier molecular flexibility index (Phi) is 3.95. The summed E-state index contributed by atoms with van der Waals surface area (Å²) in [6, 6.07) is 2.44. The monoisotopic (exact) mass is 359 g/mol. The molecule has 0 radical (unpaired) electrons. The molecule has 26 heavy (non-hydrogen) atoms. The lowest BCUT2D eigenvalue weighted by atomic mass is 9.75. The predicted octanol–water partition coefficient (Wildman–Crippen LogP) is 1.87. The average molecular weight is 359 g/mol. The van der Waals surface area contributed by atoms with Crippen LogP contribution in [0.5, 0.6) is 0 Å². The van der Waals surface area contributed by atoms with Crippen LogP contribution in [0.15, 0.2) is 4.52 Å². The van der Waals surface area contributed by atoms with Gasteiger partial charge in [-0.3, -0.25) is 4.79 Å². The van der Waals surface area contributed by atoms with Crippen LogP contribution in [-0.4, -0.2) is 58.7 Å². The molecule has 1 aromatic heterocycles. The third-order valence-corrected chi connectivity index (χ3v) is 7.26. The molecule has 4 aliphatic heterocycles. The summed E-state index contributed by atoms with van der Waals surface area (Å²) in [6.45, 7) is 5.05. The Morgan fingerprint density at radius 2 is 1.88 bits per heavy atom. The number of amides is 1.